The van der Waals surface area contributed by atoms with E-state index < -0.39 is 16.7 Å². The van der Waals surface area contributed by atoms with Crippen LogP contribution in [0.5, 0.6) is 0 Å². The molecule has 0 amide bonds. The number of carbonyl (C=O) groups is 1. The molecular weight excluding hydrogens is 278 g/mol. The maximum absolute atomic E-state index is 11.6. The standard InChI is InChI=1S/C14H17NO6/c1-3-14(20-6-7-21-14)9-11-8-10(13(16)19-2)4-5-12(11)15(17)18/h4-5,8H,3,6-7,9H2,1-2H3. The normalized spacial score (nSPS) is 16.7. The van der Waals surface area contributed by atoms with E-state index in [0.29, 0.717) is 25.2 Å². The third kappa shape index (κ3) is 3.20. The Kier molecular flexibility index (Phi) is 4.54. The van der Waals surface area contributed by atoms with Gasteiger partial charge >= 0.3 is 5.97 Å². The van der Waals surface area contributed by atoms with Crippen LogP contribution in [0.4, 0.5) is 5.69 Å². The van der Waals surface area contributed by atoms with Crippen LogP contribution in [-0.4, -0.2) is 37.0 Å². The molecule has 1 aromatic carbocycles. The van der Waals surface area contributed by atoms with Crippen molar-refractivity contribution in [3.05, 3.63) is 39.4 Å². The van der Waals surface area contributed by atoms with Gasteiger partial charge in [-0.25, -0.2) is 4.79 Å². The molecule has 0 aromatic heterocycles. The number of nitro groups is 1. The fourth-order valence-corrected chi connectivity index (χ4v) is 2.37. The van der Waals surface area contributed by atoms with Gasteiger partial charge in [0.2, 0.25) is 0 Å². The molecular formula is C14H17NO6. The molecule has 0 aliphatic carbocycles. The second-order valence-electron chi connectivity index (χ2n) is 4.73. The molecule has 1 aliphatic rings. The summed E-state index contributed by atoms with van der Waals surface area (Å²) < 4.78 is 15.8. The first-order valence-corrected chi connectivity index (χ1v) is 6.65. The van der Waals surface area contributed by atoms with Gasteiger partial charge in [-0.2, -0.15) is 0 Å². The van der Waals surface area contributed by atoms with E-state index in [-0.39, 0.29) is 17.7 Å². The Morgan fingerprint density at radius 2 is 2.10 bits per heavy atom. The Morgan fingerprint density at radius 3 is 2.62 bits per heavy atom. The van der Waals surface area contributed by atoms with Crippen LogP contribution in [0.3, 0.4) is 0 Å². The van der Waals surface area contributed by atoms with E-state index in [1.165, 1.54) is 25.3 Å². The number of nitrogens with zero attached hydrogens (tertiary/aromatic N) is 1. The van der Waals surface area contributed by atoms with E-state index in [2.05, 4.69) is 4.74 Å². The van der Waals surface area contributed by atoms with Crippen LogP contribution in [0.25, 0.3) is 0 Å². The van der Waals surface area contributed by atoms with Crippen molar-refractivity contribution in [2.24, 2.45) is 0 Å². The summed E-state index contributed by atoms with van der Waals surface area (Å²) in [4.78, 5) is 22.2. The van der Waals surface area contributed by atoms with E-state index in [9.17, 15) is 14.9 Å². The summed E-state index contributed by atoms with van der Waals surface area (Å²) in [6, 6.07) is 4.15. The average Bonchev–Trinajstić information content (AvgIpc) is 2.95. The van der Waals surface area contributed by atoms with Crippen LogP contribution < -0.4 is 0 Å². The van der Waals surface area contributed by atoms with E-state index in [1.54, 1.807) is 0 Å². The molecule has 1 aliphatic heterocycles. The van der Waals surface area contributed by atoms with Gasteiger partial charge in [-0.3, -0.25) is 10.1 Å². The Balaban J connectivity index is 2.38. The zero-order valence-electron chi connectivity index (χ0n) is 12.0. The number of ether oxygens (including phenoxy) is 3. The Labute approximate surface area is 122 Å². The van der Waals surface area contributed by atoms with Crippen molar-refractivity contribution in [2.75, 3.05) is 20.3 Å². The highest BCUT2D eigenvalue weighted by molar-refractivity contribution is 5.90. The number of methoxy groups -OCH3 is 1. The zero-order valence-corrected chi connectivity index (χ0v) is 12.0. The second-order valence-corrected chi connectivity index (χ2v) is 4.73. The lowest BCUT2D eigenvalue weighted by Crippen LogP contribution is -2.32. The van der Waals surface area contributed by atoms with E-state index >= 15 is 0 Å². The van der Waals surface area contributed by atoms with Crippen LogP contribution in [0.1, 0.15) is 29.3 Å². The van der Waals surface area contributed by atoms with Crippen molar-refractivity contribution >= 4 is 11.7 Å². The summed E-state index contributed by atoms with van der Waals surface area (Å²) in [5.41, 5.74) is 0.601. The number of benzene rings is 1. The number of carbonyl (C=O) groups excluding carboxylic acids is 1. The monoisotopic (exact) mass is 295 g/mol. The molecule has 1 saturated heterocycles. The lowest BCUT2D eigenvalue weighted by molar-refractivity contribution is -0.386. The maximum atomic E-state index is 11.6. The van der Waals surface area contributed by atoms with Crippen molar-refractivity contribution in [3.63, 3.8) is 0 Å². The molecule has 1 heterocycles. The van der Waals surface area contributed by atoms with E-state index in [0.717, 1.165) is 0 Å². The van der Waals surface area contributed by atoms with Crippen molar-refractivity contribution in [1.82, 2.24) is 0 Å². The summed E-state index contributed by atoms with van der Waals surface area (Å²) in [6.07, 6.45) is 0.775. The predicted molar refractivity (Wildman–Crippen MR) is 73.1 cm³/mol. The number of hydrogen-bond acceptors (Lipinski definition) is 6. The lowest BCUT2D eigenvalue weighted by Gasteiger charge is -2.25. The number of hydrogen-bond donors (Lipinski definition) is 0. The van der Waals surface area contributed by atoms with Gasteiger partial charge < -0.3 is 14.2 Å². The fraction of sp³-hybridized carbons (Fsp3) is 0.500. The quantitative estimate of drug-likeness (QED) is 0.469. The first kappa shape index (κ1) is 15.4. The third-order valence-electron chi connectivity index (χ3n) is 3.51. The number of esters is 1. The summed E-state index contributed by atoms with van der Waals surface area (Å²) in [7, 11) is 1.26. The van der Waals surface area contributed by atoms with Crippen LogP contribution in [0, 0.1) is 10.1 Å². The van der Waals surface area contributed by atoms with E-state index in [1.807, 2.05) is 6.92 Å². The molecule has 0 bridgehead atoms. The minimum Gasteiger partial charge on any atom is -0.465 e. The molecule has 0 radical (unpaired) electrons. The molecule has 1 aromatic rings. The Bertz CT molecular complexity index is 550. The fourth-order valence-electron chi connectivity index (χ4n) is 2.37. The largest absolute Gasteiger partial charge is 0.465 e. The molecule has 7 nitrogen and oxygen atoms in total. The molecule has 0 N–H and O–H groups in total. The van der Waals surface area contributed by atoms with Gasteiger partial charge in [0.15, 0.2) is 5.79 Å². The molecule has 7 heteroatoms. The molecule has 2 rings (SSSR count). The smallest absolute Gasteiger partial charge is 0.337 e. The molecule has 0 saturated carbocycles. The number of nitro benzene ring substituents is 1. The van der Waals surface area contributed by atoms with Crippen molar-refractivity contribution in [3.8, 4) is 0 Å². The highest BCUT2D eigenvalue weighted by atomic mass is 16.7. The molecule has 0 spiro atoms. The van der Waals surface area contributed by atoms with Crippen LogP contribution in [0.2, 0.25) is 0 Å². The van der Waals surface area contributed by atoms with Gasteiger partial charge in [0, 0.05) is 18.1 Å². The van der Waals surface area contributed by atoms with Crippen LogP contribution in [0.15, 0.2) is 18.2 Å². The van der Waals surface area contributed by atoms with Crippen LogP contribution in [-0.2, 0) is 20.6 Å². The summed E-state index contributed by atoms with van der Waals surface area (Å²) in [5.74, 6) is -1.40. The minimum absolute atomic E-state index is 0.0606. The third-order valence-corrected chi connectivity index (χ3v) is 3.51. The number of rotatable bonds is 5. The predicted octanol–water partition coefficient (Wildman–Crippen LogP) is 2.08. The van der Waals surface area contributed by atoms with Gasteiger partial charge in [-0.05, 0) is 18.6 Å². The summed E-state index contributed by atoms with van der Waals surface area (Å²) >= 11 is 0. The Hall–Kier alpha value is -1.99. The molecule has 114 valence electrons. The average molecular weight is 295 g/mol. The second kappa shape index (κ2) is 6.19. The first-order chi connectivity index (χ1) is 10.0. The Morgan fingerprint density at radius 1 is 1.43 bits per heavy atom. The van der Waals surface area contributed by atoms with Gasteiger partial charge in [0.25, 0.3) is 5.69 Å². The molecule has 1 fully saturated rings. The van der Waals surface area contributed by atoms with Crippen LogP contribution >= 0.6 is 0 Å². The van der Waals surface area contributed by atoms with Gasteiger partial charge in [0.05, 0.1) is 30.8 Å². The van der Waals surface area contributed by atoms with E-state index in [4.69, 9.17) is 9.47 Å². The maximum Gasteiger partial charge on any atom is 0.337 e. The first-order valence-electron chi connectivity index (χ1n) is 6.65. The van der Waals surface area contributed by atoms with Gasteiger partial charge in [0.1, 0.15) is 0 Å². The molecule has 0 atom stereocenters. The minimum atomic E-state index is -0.862. The zero-order chi connectivity index (χ0) is 15.5. The van der Waals surface area contributed by atoms with Crippen molar-refractivity contribution in [1.29, 1.82) is 0 Å². The van der Waals surface area contributed by atoms with Gasteiger partial charge in [-0.15, -0.1) is 0 Å². The van der Waals surface area contributed by atoms with Crippen molar-refractivity contribution < 1.29 is 23.9 Å². The van der Waals surface area contributed by atoms with Gasteiger partial charge in [-0.1, -0.05) is 6.92 Å². The SMILES string of the molecule is CCC1(Cc2cc(C(=O)OC)ccc2[N+](=O)[O-])OCCO1. The summed E-state index contributed by atoms with van der Waals surface area (Å²) in [6.45, 7) is 2.80. The molecule has 0 unspecified atom stereocenters. The summed E-state index contributed by atoms with van der Waals surface area (Å²) in [5, 5.41) is 11.1. The van der Waals surface area contributed by atoms with Crippen molar-refractivity contribution in [2.45, 2.75) is 25.6 Å². The lowest BCUT2D eigenvalue weighted by atomic mass is 9.99. The molecule has 21 heavy (non-hydrogen) atoms. The highest BCUT2D eigenvalue weighted by Crippen LogP contribution is 2.32. The topological polar surface area (TPSA) is 87.9 Å². The highest BCUT2D eigenvalue weighted by Gasteiger charge is 2.37.